The molecule has 1 aliphatic rings. The lowest BCUT2D eigenvalue weighted by atomic mass is 10.1. The van der Waals surface area contributed by atoms with Crippen LogP contribution in [0.2, 0.25) is 0 Å². The lowest BCUT2D eigenvalue weighted by molar-refractivity contribution is 0.00889. The monoisotopic (exact) mass is 1180 g/mol. The van der Waals surface area contributed by atoms with Gasteiger partial charge in [0.1, 0.15) is 34.5 Å². The highest BCUT2D eigenvalue weighted by molar-refractivity contribution is 5.98. The van der Waals surface area contributed by atoms with E-state index in [1.807, 2.05) is 0 Å². The second-order valence-corrected chi connectivity index (χ2v) is 20.3. The van der Waals surface area contributed by atoms with Crippen LogP contribution in [0.3, 0.4) is 0 Å². The van der Waals surface area contributed by atoms with Crippen molar-refractivity contribution in [3.63, 3.8) is 0 Å². The zero-order valence-corrected chi connectivity index (χ0v) is 49.3. The molecule has 0 saturated carbocycles. The first-order chi connectivity index (χ1) is 42.1. The van der Waals surface area contributed by atoms with Crippen LogP contribution in [-0.2, 0) is 18.9 Å². The Kier molecular flexibility index (Phi) is 27.6. The Morgan fingerprint density at radius 2 is 0.535 bits per heavy atom. The number of rotatable bonds is 24. The summed E-state index contributed by atoms with van der Waals surface area (Å²) in [6, 6.07) is 38.1. The van der Waals surface area contributed by atoms with Crippen LogP contribution in [0.4, 0.5) is 0 Å². The summed E-state index contributed by atoms with van der Waals surface area (Å²) in [7, 11) is 0. The highest BCUT2D eigenvalue weighted by Crippen LogP contribution is 2.24. The molecule has 0 aliphatic carbocycles. The molecule has 7 rings (SSSR count). The van der Waals surface area contributed by atoms with E-state index < -0.39 is 23.9 Å². The minimum atomic E-state index is -0.645. The lowest BCUT2D eigenvalue weighted by Crippen LogP contribution is -2.38. The molecule has 1 heterocycles. The maximum atomic E-state index is 13.7. The van der Waals surface area contributed by atoms with Crippen molar-refractivity contribution in [1.29, 1.82) is 0 Å². The second-order valence-electron chi connectivity index (χ2n) is 20.3. The molecule has 456 valence electrons. The van der Waals surface area contributed by atoms with E-state index in [-0.39, 0.29) is 125 Å². The summed E-state index contributed by atoms with van der Waals surface area (Å²) in [6.07, 6.45) is 11.5. The predicted octanol–water partition coefficient (Wildman–Crippen LogP) is 11.9. The van der Waals surface area contributed by atoms with Crippen molar-refractivity contribution in [3.05, 3.63) is 179 Å². The maximum Gasteiger partial charge on any atom is 0.343 e. The third-order valence-electron chi connectivity index (χ3n) is 13.8. The molecular formula is C68H78N2O16. The van der Waals surface area contributed by atoms with Gasteiger partial charge in [-0.1, -0.05) is 65.2 Å². The molecule has 0 aromatic heterocycles. The van der Waals surface area contributed by atoms with Crippen LogP contribution in [0, 0.1) is 0 Å². The molecule has 6 aromatic rings. The Bertz CT molecular complexity index is 2800. The van der Waals surface area contributed by atoms with Gasteiger partial charge in [-0.15, -0.1) is 0 Å². The van der Waals surface area contributed by atoms with Crippen molar-refractivity contribution in [2.24, 2.45) is 0 Å². The van der Waals surface area contributed by atoms with Crippen molar-refractivity contribution in [3.8, 4) is 34.5 Å². The van der Waals surface area contributed by atoms with E-state index in [0.717, 1.165) is 25.7 Å². The molecule has 0 N–H and O–H groups in total. The van der Waals surface area contributed by atoms with Crippen LogP contribution in [0.5, 0.6) is 34.5 Å². The number of nitrogens with zero attached hydrogens (tertiary/aromatic N) is 2. The van der Waals surface area contributed by atoms with Crippen LogP contribution in [0.1, 0.15) is 140 Å². The van der Waals surface area contributed by atoms with Gasteiger partial charge in [-0.25, -0.2) is 19.2 Å². The first-order valence-corrected chi connectivity index (χ1v) is 29.7. The molecule has 18 nitrogen and oxygen atoms in total. The van der Waals surface area contributed by atoms with Gasteiger partial charge in [0, 0.05) is 37.3 Å². The van der Waals surface area contributed by atoms with E-state index in [0.29, 0.717) is 47.3 Å². The van der Waals surface area contributed by atoms with Crippen LogP contribution in [0.25, 0.3) is 0 Å². The Morgan fingerprint density at radius 1 is 0.302 bits per heavy atom. The zero-order chi connectivity index (χ0) is 60.6. The molecule has 0 unspecified atom stereocenters. The minimum Gasteiger partial charge on any atom is -0.494 e. The molecule has 1 aliphatic heterocycles. The van der Waals surface area contributed by atoms with E-state index in [1.54, 1.807) is 82.6 Å². The Hall–Kier alpha value is -8.42. The van der Waals surface area contributed by atoms with Gasteiger partial charge in [0.2, 0.25) is 0 Å². The predicted molar refractivity (Wildman–Crippen MR) is 322 cm³/mol. The number of ether oxygens (including phenoxy) is 10. The van der Waals surface area contributed by atoms with Crippen LogP contribution in [0.15, 0.2) is 146 Å². The van der Waals surface area contributed by atoms with Gasteiger partial charge in [-0.3, -0.25) is 9.59 Å². The smallest absolute Gasteiger partial charge is 0.343 e. The summed E-state index contributed by atoms with van der Waals surface area (Å²) in [4.78, 5) is 82.6. The summed E-state index contributed by atoms with van der Waals surface area (Å²) in [5, 5.41) is 0. The van der Waals surface area contributed by atoms with Crippen LogP contribution >= 0.6 is 0 Å². The SMILES string of the molecule is CCCCCCCOc1ccc(OC(=O)c2ccc(OC(=O)c3ccc(C(=O)N4CCOCCOCCN(C(=O)c5ccc(C(=O)Oc6ccc(C(=O)Oc7ccc(OCCCCCCC)cc7)cc6)cc5)CCOCCOCC4)cc3)cc2)cc1. The number of unbranched alkanes of at least 4 members (excludes halogenated alkanes) is 8. The number of esters is 4. The van der Waals surface area contributed by atoms with E-state index in [4.69, 9.17) is 47.4 Å². The fraction of sp³-hybridized carbons (Fsp3) is 0.382. The highest BCUT2D eigenvalue weighted by Gasteiger charge is 2.21. The van der Waals surface area contributed by atoms with E-state index in [2.05, 4.69) is 13.8 Å². The van der Waals surface area contributed by atoms with E-state index in [9.17, 15) is 28.8 Å². The Balaban J connectivity index is 0.801. The average Bonchev–Trinajstić information content (AvgIpc) is 3.65. The van der Waals surface area contributed by atoms with Crippen molar-refractivity contribution in [2.75, 3.05) is 92.2 Å². The average molecular weight is 1180 g/mol. The van der Waals surface area contributed by atoms with Gasteiger partial charge in [0.05, 0.1) is 88.3 Å². The second kappa shape index (κ2) is 36.4. The molecular weight excluding hydrogens is 1100 g/mol. The molecule has 0 bridgehead atoms. The molecule has 0 radical (unpaired) electrons. The fourth-order valence-corrected chi connectivity index (χ4v) is 8.82. The Morgan fingerprint density at radius 3 is 0.814 bits per heavy atom. The van der Waals surface area contributed by atoms with Crippen molar-refractivity contribution in [1.82, 2.24) is 9.80 Å². The summed E-state index contributed by atoms with van der Waals surface area (Å²) < 4.78 is 57.1. The third kappa shape index (κ3) is 22.2. The van der Waals surface area contributed by atoms with Crippen molar-refractivity contribution >= 4 is 35.7 Å². The number of amides is 2. The highest BCUT2D eigenvalue weighted by atomic mass is 16.6. The van der Waals surface area contributed by atoms with E-state index in [1.165, 1.54) is 111 Å². The van der Waals surface area contributed by atoms with Gasteiger partial charge in [-0.2, -0.15) is 0 Å². The summed E-state index contributed by atoms with van der Waals surface area (Å²) >= 11 is 0. The minimum absolute atomic E-state index is 0.212. The van der Waals surface area contributed by atoms with Gasteiger partial charge in [0.25, 0.3) is 11.8 Å². The van der Waals surface area contributed by atoms with E-state index >= 15 is 0 Å². The quantitative estimate of drug-likeness (QED) is 0.0314. The molecule has 18 heteroatoms. The lowest BCUT2D eigenvalue weighted by Gasteiger charge is -2.24. The Labute approximate surface area is 503 Å². The summed E-state index contributed by atoms with van der Waals surface area (Å²) in [6.45, 7) is 8.45. The molecule has 0 atom stereocenters. The largest absolute Gasteiger partial charge is 0.494 e. The zero-order valence-electron chi connectivity index (χ0n) is 49.3. The molecule has 86 heavy (non-hydrogen) atoms. The number of hydrogen-bond donors (Lipinski definition) is 0. The van der Waals surface area contributed by atoms with Crippen molar-refractivity contribution < 1.29 is 76.1 Å². The maximum absolute atomic E-state index is 13.7. The summed E-state index contributed by atoms with van der Waals surface area (Å²) in [5.74, 6) is -0.395. The first-order valence-electron chi connectivity index (χ1n) is 29.7. The number of carbonyl (C=O) groups is 6. The molecule has 0 spiro atoms. The third-order valence-corrected chi connectivity index (χ3v) is 13.8. The van der Waals surface area contributed by atoms with Crippen LogP contribution in [-0.4, -0.2) is 138 Å². The van der Waals surface area contributed by atoms with Gasteiger partial charge in [0.15, 0.2) is 0 Å². The van der Waals surface area contributed by atoms with Gasteiger partial charge < -0.3 is 57.2 Å². The number of benzene rings is 6. The number of hydrogen-bond acceptors (Lipinski definition) is 16. The molecule has 2 amide bonds. The first kappa shape index (κ1) is 65.1. The van der Waals surface area contributed by atoms with Crippen molar-refractivity contribution in [2.45, 2.75) is 78.1 Å². The summed E-state index contributed by atoms with van der Waals surface area (Å²) in [5.41, 5.74) is 1.68. The molecule has 1 saturated heterocycles. The normalized spacial score (nSPS) is 13.7. The standard InChI is InChI=1S/C68H78N2O16/c1-3-5-7-9-11-41-81-57-29-33-61(34-30-57)85-67(75)55-21-25-59(26-22-55)83-65(73)53-17-13-51(14-18-53)63(71)69-37-43-77-47-49-79-45-39-70(40-46-80-50-48-78-44-38-69)64(72)52-15-19-54(20-16-52)66(74)84-60-27-23-56(24-28-60)68(76)86-62-35-31-58(32-36-62)82-42-12-10-8-6-4-2/h13-36H,3-12,37-50H2,1-2H3. The fourth-order valence-electron chi connectivity index (χ4n) is 8.82. The molecule has 1 fully saturated rings. The van der Waals surface area contributed by atoms with Gasteiger partial charge >= 0.3 is 23.9 Å². The molecule has 6 aromatic carbocycles. The number of carbonyl (C=O) groups excluding carboxylic acids is 6. The van der Waals surface area contributed by atoms with Gasteiger partial charge in [-0.05, 0) is 158 Å². The van der Waals surface area contributed by atoms with Crippen LogP contribution < -0.4 is 28.4 Å². The topological polar surface area (TPSA) is 201 Å².